The van der Waals surface area contributed by atoms with E-state index >= 15 is 0 Å². The Balaban J connectivity index is 1.32. The summed E-state index contributed by atoms with van der Waals surface area (Å²) in [6, 6.07) is 17.2. The van der Waals surface area contributed by atoms with E-state index in [-0.39, 0.29) is 41.3 Å². The number of benzene rings is 3. The van der Waals surface area contributed by atoms with Crippen LogP contribution in [0.3, 0.4) is 0 Å². The predicted molar refractivity (Wildman–Crippen MR) is 132 cm³/mol. The molecule has 0 spiro atoms. The number of piperidine rings is 1. The molecule has 0 radical (unpaired) electrons. The van der Waals surface area contributed by atoms with Crippen LogP contribution in [0.2, 0.25) is 5.02 Å². The van der Waals surface area contributed by atoms with Crippen molar-refractivity contribution < 1.29 is 22.3 Å². The van der Waals surface area contributed by atoms with Gasteiger partial charge < -0.3 is 4.74 Å². The topological polar surface area (TPSA) is 66.9 Å². The van der Waals surface area contributed by atoms with Crippen molar-refractivity contribution in [1.29, 1.82) is 0 Å². The lowest BCUT2D eigenvalue weighted by Crippen LogP contribution is -2.42. The number of sulfonamides is 1. The molecule has 3 aromatic carbocycles. The summed E-state index contributed by atoms with van der Waals surface area (Å²) in [5.74, 6) is 0.384. The monoisotopic (exact) mass is 514 g/mol. The number of Topliss-reactive ketones (excluding diaryl/α,β-unsaturated/α-hetero) is 1. The van der Waals surface area contributed by atoms with E-state index in [1.807, 2.05) is 0 Å². The number of likely N-dealkylation sites (tertiary alicyclic amines) is 1. The predicted octanol–water partition coefficient (Wildman–Crippen LogP) is 5.38. The molecule has 3 aromatic rings. The molecule has 0 saturated carbocycles. The van der Waals surface area contributed by atoms with Gasteiger partial charge >= 0.3 is 0 Å². The number of carbonyl (C=O) groups excluding carboxylic acids is 1. The number of nitrogens with zero attached hydrogens (tertiary/aromatic N) is 2. The van der Waals surface area contributed by atoms with Gasteiger partial charge in [-0.1, -0.05) is 23.7 Å². The first-order valence-electron chi connectivity index (χ1n) is 11.4. The van der Waals surface area contributed by atoms with E-state index in [0.29, 0.717) is 35.1 Å². The lowest BCUT2D eigenvalue weighted by Gasteiger charge is -2.34. The van der Waals surface area contributed by atoms with Crippen molar-refractivity contribution in [2.75, 3.05) is 30.5 Å². The first-order valence-corrected chi connectivity index (χ1v) is 13.2. The van der Waals surface area contributed by atoms with E-state index in [2.05, 4.69) is 4.90 Å². The van der Waals surface area contributed by atoms with Gasteiger partial charge in [0, 0.05) is 17.1 Å². The van der Waals surface area contributed by atoms with Gasteiger partial charge in [-0.2, -0.15) is 0 Å². The third kappa shape index (κ3) is 4.91. The van der Waals surface area contributed by atoms with E-state index in [9.17, 15) is 17.6 Å². The van der Waals surface area contributed by atoms with Gasteiger partial charge in [-0.05, 0) is 86.4 Å². The zero-order valence-corrected chi connectivity index (χ0v) is 20.4. The van der Waals surface area contributed by atoms with E-state index in [4.69, 9.17) is 16.3 Å². The van der Waals surface area contributed by atoms with Crippen molar-refractivity contribution in [3.8, 4) is 11.5 Å². The highest BCUT2D eigenvalue weighted by molar-refractivity contribution is 7.93. The molecule has 1 saturated heterocycles. The Morgan fingerprint density at radius 1 is 1.00 bits per heavy atom. The number of anilines is 1. The molecule has 0 atom stereocenters. The van der Waals surface area contributed by atoms with Crippen molar-refractivity contribution >= 4 is 33.1 Å². The van der Waals surface area contributed by atoms with Crippen LogP contribution < -0.4 is 9.04 Å². The first kappa shape index (κ1) is 23.8. The quantitative estimate of drug-likeness (QED) is 0.428. The maximum Gasteiger partial charge on any atom is 0.268 e. The molecular weight excluding hydrogens is 491 g/mol. The minimum Gasteiger partial charge on any atom is -0.454 e. The number of halogens is 2. The Hall–Kier alpha value is -2.94. The third-order valence-corrected chi connectivity index (χ3v) is 8.55. The first-order chi connectivity index (χ1) is 16.8. The molecule has 35 heavy (non-hydrogen) atoms. The van der Waals surface area contributed by atoms with Crippen molar-refractivity contribution in [1.82, 2.24) is 4.90 Å². The highest BCUT2D eigenvalue weighted by atomic mass is 35.5. The Bertz CT molecular complexity index is 1360. The highest BCUT2D eigenvalue weighted by Gasteiger charge is 2.36. The van der Waals surface area contributed by atoms with Crippen molar-refractivity contribution in [2.24, 2.45) is 5.92 Å². The van der Waals surface area contributed by atoms with Gasteiger partial charge in [0.2, 0.25) is 0 Å². The second-order valence-electron chi connectivity index (χ2n) is 8.85. The standard InChI is InChI=1S/C26H24ClFN2O4S/c27-20-7-10-24-22(15-20)30(35(32,33)26-4-2-1-3-25(26)34-24)16-18-11-13-29(14-12-18)17-23(31)19-5-8-21(28)9-6-19/h1-10,15,18H,11-14,16-17H2. The fourth-order valence-corrected chi connectivity index (χ4v) is 6.40. The fourth-order valence-electron chi connectivity index (χ4n) is 4.57. The number of carbonyl (C=O) groups is 1. The number of ketones is 1. The van der Waals surface area contributed by atoms with Gasteiger partial charge in [0.1, 0.15) is 16.5 Å². The zero-order valence-electron chi connectivity index (χ0n) is 18.9. The largest absolute Gasteiger partial charge is 0.454 e. The van der Waals surface area contributed by atoms with Gasteiger partial charge in [-0.15, -0.1) is 0 Å². The molecule has 5 rings (SSSR count). The molecule has 2 aliphatic rings. The van der Waals surface area contributed by atoms with Crippen LogP contribution in [-0.2, 0) is 10.0 Å². The maximum absolute atomic E-state index is 13.7. The Labute approximate surface area is 208 Å². The van der Waals surface area contributed by atoms with E-state index in [0.717, 1.165) is 12.8 Å². The molecule has 0 aromatic heterocycles. The van der Waals surface area contributed by atoms with E-state index in [1.165, 1.54) is 28.6 Å². The summed E-state index contributed by atoms with van der Waals surface area (Å²) < 4.78 is 47.9. The van der Waals surface area contributed by atoms with Crippen LogP contribution in [0.5, 0.6) is 11.5 Å². The molecule has 2 heterocycles. The molecule has 0 unspecified atom stereocenters. The summed E-state index contributed by atoms with van der Waals surface area (Å²) >= 11 is 6.23. The second kappa shape index (κ2) is 9.60. The molecular formula is C26H24ClFN2O4S. The molecule has 182 valence electrons. The third-order valence-electron chi connectivity index (χ3n) is 6.49. The van der Waals surface area contributed by atoms with Gasteiger partial charge in [0.05, 0.1) is 12.2 Å². The van der Waals surface area contributed by atoms with Crippen LogP contribution in [0, 0.1) is 11.7 Å². The van der Waals surface area contributed by atoms with Crippen molar-refractivity contribution in [3.63, 3.8) is 0 Å². The molecule has 0 amide bonds. The summed E-state index contributed by atoms with van der Waals surface area (Å²) in [4.78, 5) is 14.7. The molecule has 0 N–H and O–H groups in total. The van der Waals surface area contributed by atoms with Crippen LogP contribution in [0.4, 0.5) is 10.1 Å². The number of hydrogen-bond acceptors (Lipinski definition) is 5. The zero-order chi connectivity index (χ0) is 24.6. The van der Waals surface area contributed by atoms with Gasteiger partial charge in [0.15, 0.2) is 11.5 Å². The van der Waals surface area contributed by atoms with Crippen LogP contribution in [0.1, 0.15) is 23.2 Å². The van der Waals surface area contributed by atoms with Crippen LogP contribution in [-0.4, -0.2) is 45.3 Å². The average Bonchev–Trinajstić information content (AvgIpc) is 2.93. The van der Waals surface area contributed by atoms with Gasteiger partial charge in [-0.25, -0.2) is 12.8 Å². The summed E-state index contributed by atoms with van der Waals surface area (Å²) in [5.41, 5.74) is 0.902. The normalized spacial score (nSPS) is 17.7. The van der Waals surface area contributed by atoms with Crippen LogP contribution >= 0.6 is 11.6 Å². The summed E-state index contributed by atoms with van der Waals surface area (Å²) in [5, 5.41) is 0.424. The summed E-state index contributed by atoms with van der Waals surface area (Å²) in [7, 11) is -3.87. The Kier molecular flexibility index (Phi) is 6.53. The van der Waals surface area contributed by atoms with Crippen molar-refractivity contribution in [2.45, 2.75) is 17.7 Å². The second-order valence-corrected chi connectivity index (χ2v) is 11.1. The smallest absolute Gasteiger partial charge is 0.268 e. The lowest BCUT2D eigenvalue weighted by molar-refractivity contribution is 0.0898. The molecule has 0 bridgehead atoms. The lowest BCUT2D eigenvalue weighted by atomic mass is 9.96. The van der Waals surface area contributed by atoms with E-state index in [1.54, 1.807) is 42.5 Å². The minimum atomic E-state index is -3.87. The molecule has 9 heteroatoms. The number of ether oxygens (including phenoxy) is 1. The number of hydrogen-bond donors (Lipinski definition) is 0. The SMILES string of the molecule is O=C(CN1CCC(CN2c3cc(Cl)ccc3Oc3ccccc3S2(=O)=O)CC1)c1ccc(F)cc1. The summed E-state index contributed by atoms with van der Waals surface area (Å²) in [6.45, 7) is 1.87. The van der Waals surface area contributed by atoms with E-state index < -0.39 is 10.0 Å². The van der Waals surface area contributed by atoms with Crippen LogP contribution in [0.15, 0.2) is 71.6 Å². The number of rotatable bonds is 5. The number of para-hydroxylation sites is 1. The molecule has 2 aliphatic heterocycles. The average molecular weight is 515 g/mol. The molecule has 0 aliphatic carbocycles. The maximum atomic E-state index is 13.7. The highest BCUT2D eigenvalue weighted by Crippen LogP contribution is 2.44. The Morgan fingerprint density at radius 3 is 2.46 bits per heavy atom. The van der Waals surface area contributed by atoms with Gasteiger partial charge in [-0.3, -0.25) is 14.0 Å². The number of fused-ring (bicyclic) bond motifs is 2. The molecule has 1 fully saturated rings. The molecule has 6 nitrogen and oxygen atoms in total. The summed E-state index contributed by atoms with van der Waals surface area (Å²) in [6.07, 6.45) is 1.47. The van der Waals surface area contributed by atoms with Gasteiger partial charge in [0.25, 0.3) is 10.0 Å². The minimum absolute atomic E-state index is 0.0594. The fraction of sp³-hybridized carbons (Fsp3) is 0.269. The Morgan fingerprint density at radius 2 is 1.71 bits per heavy atom. The van der Waals surface area contributed by atoms with Crippen LogP contribution in [0.25, 0.3) is 0 Å². The van der Waals surface area contributed by atoms with Crippen molar-refractivity contribution in [3.05, 3.63) is 83.1 Å².